The molecule has 1 aromatic heterocycles. The Morgan fingerprint density at radius 2 is 2.09 bits per heavy atom. The molecule has 1 heterocycles. The topological polar surface area (TPSA) is 45.8 Å². The zero-order chi connectivity index (χ0) is 17.1. The van der Waals surface area contributed by atoms with Gasteiger partial charge in [0.1, 0.15) is 5.82 Å². The van der Waals surface area contributed by atoms with Crippen molar-refractivity contribution in [2.45, 2.75) is 50.4 Å². The Bertz CT molecular complexity index is 740. The molecule has 0 aliphatic rings. The van der Waals surface area contributed by atoms with Gasteiger partial charge in [-0.1, -0.05) is 50.2 Å². The molecule has 0 aliphatic heterocycles. The van der Waals surface area contributed by atoms with Crippen LogP contribution in [0, 0.1) is 12.7 Å². The molecule has 1 unspecified atom stereocenters. The van der Waals surface area contributed by atoms with Crippen molar-refractivity contribution in [3.63, 3.8) is 0 Å². The van der Waals surface area contributed by atoms with Crippen LogP contribution in [0.1, 0.15) is 49.9 Å². The largest absolute Gasteiger partial charge is 0.301 e. The third-order valence-electron chi connectivity index (χ3n) is 3.60. The summed E-state index contributed by atoms with van der Waals surface area (Å²) in [6.45, 7) is 7.69. The van der Waals surface area contributed by atoms with E-state index in [2.05, 4.69) is 9.97 Å². The number of H-pyrrole nitrogens is 1. The smallest absolute Gasteiger partial charge is 0.254 e. The molecule has 124 valence electrons. The van der Waals surface area contributed by atoms with Crippen molar-refractivity contribution >= 4 is 23.4 Å². The number of benzene rings is 1. The molecule has 0 radical (unpaired) electrons. The maximum atomic E-state index is 14.3. The second kappa shape index (κ2) is 7.49. The van der Waals surface area contributed by atoms with Gasteiger partial charge in [0.2, 0.25) is 0 Å². The van der Waals surface area contributed by atoms with Gasteiger partial charge in [0.25, 0.3) is 5.56 Å². The number of hydrogen-bond acceptors (Lipinski definition) is 3. The number of nitrogens with one attached hydrogen (secondary N) is 1. The Balaban J connectivity index is 2.62. The molecule has 6 heteroatoms. The van der Waals surface area contributed by atoms with Crippen LogP contribution in [0.2, 0.25) is 5.02 Å². The van der Waals surface area contributed by atoms with Gasteiger partial charge in [0.05, 0.1) is 5.69 Å². The summed E-state index contributed by atoms with van der Waals surface area (Å²) >= 11 is 7.68. The van der Waals surface area contributed by atoms with E-state index in [1.165, 1.54) is 17.8 Å². The molecular weight excluding hydrogens is 335 g/mol. The predicted octanol–water partition coefficient (Wildman–Crippen LogP) is 4.91. The van der Waals surface area contributed by atoms with E-state index in [1.54, 1.807) is 19.1 Å². The second-order valence-corrected chi connectivity index (χ2v) is 7.62. The van der Waals surface area contributed by atoms with Crippen LogP contribution in [0.3, 0.4) is 0 Å². The minimum atomic E-state index is -0.371. The first-order valence-electron chi connectivity index (χ1n) is 7.56. The van der Waals surface area contributed by atoms with E-state index < -0.39 is 0 Å². The first-order chi connectivity index (χ1) is 10.8. The van der Waals surface area contributed by atoms with Gasteiger partial charge in [-0.05, 0) is 25.5 Å². The number of nitrogens with zero attached hydrogens (tertiary/aromatic N) is 1. The van der Waals surface area contributed by atoms with Gasteiger partial charge in [-0.3, -0.25) is 4.79 Å². The molecule has 1 N–H and O–H groups in total. The molecule has 2 rings (SSSR count). The molecule has 2 aromatic rings. The second-order valence-electron chi connectivity index (χ2n) is 5.64. The fraction of sp³-hybridized carbons (Fsp3) is 0.412. The molecule has 1 atom stereocenters. The van der Waals surface area contributed by atoms with E-state index in [0.717, 1.165) is 0 Å². The normalized spacial score (nSPS) is 12.7. The average molecular weight is 355 g/mol. The van der Waals surface area contributed by atoms with E-state index in [-0.39, 0.29) is 22.5 Å². The van der Waals surface area contributed by atoms with Crippen LogP contribution in [0.25, 0.3) is 0 Å². The minimum absolute atomic E-state index is 0.191. The molecular formula is C17H20ClFN2OS. The van der Waals surface area contributed by atoms with Crippen molar-refractivity contribution in [2.24, 2.45) is 0 Å². The lowest BCUT2D eigenvalue weighted by Crippen LogP contribution is -2.19. The van der Waals surface area contributed by atoms with Gasteiger partial charge >= 0.3 is 0 Å². The highest BCUT2D eigenvalue weighted by Crippen LogP contribution is 2.35. The van der Waals surface area contributed by atoms with E-state index in [1.807, 2.05) is 20.8 Å². The molecule has 0 fully saturated rings. The number of rotatable bonds is 5. The molecule has 0 saturated heterocycles. The summed E-state index contributed by atoms with van der Waals surface area (Å²) in [7, 11) is 0. The van der Waals surface area contributed by atoms with Gasteiger partial charge in [-0.15, -0.1) is 0 Å². The Kier molecular flexibility index (Phi) is 5.87. The first-order valence-corrected chi connectivity index (χ1v) is 8.82. The van der Waals surface area contributed by atoms with Crippen LogP contribution in [0.15, 0.2) is 28.2 Å². The van der Waals surface area contributed by atoms with Crippen molar-refractivity contribution in [3.05, 3.63) is 56.2 Å². The van der Waals surface area contributed by atoms with Gasteiger partial charge in [-0.25, -0.2) is 9.37 Å². The lowest BCUT2D eigenvalue weighted by atomic mass is 9.90. The SMILES string of the molecule is CCC(c1nc(SC(C)C)[nH]c(=O)c1C)c1c(F)cccc1Cl. The maximum absolute atomic E-state index is 14.3. The summed E-state index contributed by atoms with van der Waals surface area (Å²) in [5.74, 6) is -0.721. The van der Waals surface area contributed by atoms with Crippen LogP contribution in [-0.2, 0) is 0 Å². The fourth-order valence-electron chi connectivity index (χ4n) is 2.52. The monoisotopic (exact) mass is 354 g/mol. The molecule has 3 nitrogen and oxygen atoms in total. The predicted molar refractivity (Wildman–Crippen MR) is 94.1 cm³/mol. The van der Waals surface area contributed by atoms with Gasteiger partial charge < -0.3 is 4.98 Å². The Labute approximate surface area is 144 Å². The molecule has 0 spiro atoms. The number of halogens is 2. The summed E-state index contributed by atoms with van der Waals surface area (Å²) in [5, 5.41) is 1.19. The van der Waals surface area contributed by atoms with E-state index in [4.69, 9.17) is 11.6 Å². The van der Waals surface area contributed by atoms with Crippen molar-refractivity contribution in [1.29, 1.82) is 0 Å². The summed E-state index contributed by atoms with van der Waals surface area (Å²) in [6.07, 6.45) is 0.601. The number of aromatic amines is 1. The number of aromatic nitrogens is 2. The van der Waals surface area contributed by atoms with Crippen LogP contribution in [0.5, 0.6) is 0 Å². The lowest BCUT2D eigenvalue weighted by molar-refractivity contribution is 0.585. The zero-order valence-corrected chi connectivity index (χ0v) is 15.2. The average Bonchev–Trinajstić information content (AvgIpc) is 2.46. The number of hydrogen-bond donors (Lipinski definition) is 1. The van der Waals surface area contributed by atoms with Crippen molar-refractivity contribution in [2.75, 3.05) is 0 Å². The summed E-state index contributed by atoms with van der Waals surface area (Å²) in [6, 6.07) is 4.62. The molecule has 0 amide bonds. The van der Waals surface area contributed by atoms with E-state index >= 15 is 0 Å². The number of thioether (sulfide) groups is 1. The fourth-order valence-corrected chi connectivity index (χ4v) is 3.57. The molecule has 23 heavy (non-hydrogen) atoms. The minimum Gasteiger partial charge on any atom is -0.301 e. The standard InChI is InChI=1S/C17H20ClFN2OS/c1-5-11(14-12(18)7-6-8-13(14)19)15-10(4)16(22)21-17(20-15)23-9(2)3/h6-9,11H,5H2,1-4H3,(H,20,21,22). The summed E-state index contributed by atoms with van der Waals surface area (Å²) < 4.78 is 14.3. The van der Waals surface area contributed by atoms with Gasteiger partial charge in [-0.2, -0.15) is 0 Å². The molecule has 0 aliphatic carbocycles. The third kappa shape index (κ3) is 3.96. The van der Waals surface area contributed by atoms with E-state index in [0.29, 0.717) is 33.4 Å². The quantitative estimate of drug-likeness (QED) is 0.612. The van der Waals surface area contributed by atoms with Crippen molar-refractivity contribution < 1.29 is 4.39 Å². The Hall–Kier alpha value is -1.33. The highest BCUT2D eigenvalue weighted by Gasteiger charge is 2.24. The zero-order valence-electron chi connectivity index (χ0n) is 13.6. The summed E-state index contributed by atoms with van der Waals surface area (Å²) in [4.78, 5) is 19.6. The lowest BCUT2D eigenvalue weighted by Gasteiger charge is -2.19. The van der Waals surface area contributed by atoms with Gasteiger partial charge in [0.15, 0.2) is 5.16 Å². The Morgan fingerprint density at radius 1 is 1.39 bits per heavy atom. The van der Waals surface area contributed by atoms with Gasteiger partial charge in [0, 0.05) is 27.3 Å². The van der Waals surface area contributed by atoms with Crippen LogP contribution < -0.4 is 5.56 Å². The van der Waals surface area contributed by atoms with Crippen LogP contribution in [-0.4, -0.2) is 15.2 Å². The highest BCUT2D eigenvalue weighted by molar-refractivity contribution is 7.99. The third-order valence-corrected chi connectivity index (χ3v) is 4.82. The maximum Gasteiger partial charge on any atom is 0.254 e. The molecule has 0 saturated carbocycles. The van der Waals surface area contributed by atoms with Crippen LogP contribution >= 0.6 is 23.4 Å². The van der Waals surface area contributed by atoms with Crippen molar-refractivity contribution in [3.8, 4) is 0 Å². The molecule has 1 aromatic carbocycles. The molecule has 0 bridgehead atoms. The van der Waals surface area contributed by atoms with Crippen molar-refractivity contribution in [1.82, 2.24) is 9.97 Å². The van der Waals surface area contributed by atoms with E-state index in [9.17, 15) is 9.18 Å². The highest BCUT2D eigenvalue weighted by atomic mass is 35.5. The Morgan fingerprint density at radius 3 is 2.65 bits per heavy atom. The van der Waals surface area contributed by atoms with Crippen LogP contribution in [0.4, 0.5) is 4.39 Å². The summed E-state index contributed by atoms with van der Waals surface area (Å²) in [5.41, 5.74) is 1.30. The first kappa shape index (κ1) is 18.0.